The van der Waals surface area contributed by atoms with Gasteiger partial charge in [0.15, 0.2) is 0 Å². The molecule has 0 aliphatic rings. The van der Waals surface area contributed by atoms with Crippen molar-refractivity contribution < 1.29 is 4.79 Å². The fourth-order valence-electron chi connectivity index (χ4n) is 1.80. The molecule has 0 spiro atoms. The molecule has 0 bridgehead atoms. The Hall–Kier alpha value is -1.63. The summed E-state index contributed by atoms with van der Waals surface area (Å²) in [7, 11) is 0. The summed E-state index contributed by atoms with van der Waals surface area (Å²) < 4.78 is 1.81. The minimum atomic E-state index is -0.535. The average Bonchev–Trinajstić information content (AvgIpc) is 2.97. The zero-order valence-electron chi connectivity index (χ0n) is 13.4. The number of hydrogen-bond acceptors (Lipinski definition) is 4. The molecule has 2 aromatic heterocycles. The summed E-state index contributed by atoms with van der Waals surface area (Å²) in [6.07, 6.45) is 6.90. The first-order chi connectivity index (χ1) is 9.88. The number of hydrogen-bond donors (Lipinski definition) is 2. The number of pyridine rings is 1. The van der Waals surface area contributed by atoms with Crippen LogP contribution in [0.2, 0.25) is 0 Å². The van der Waals surface area contributed by atoms with Gasteiger partial charge in [0, 0.05) is 25.1 Å². The lowest BCUT2D eigenvalue weighted by atomic mass is 9.87. The predicted octanol–water partition coefficient (Wildman–Crippen LogP) is 2.10. The van der Waals surface area contributed by atoms with Gasteiger partial charge >= 0.3 is 0 Å². The SMILES string of the molecule is CC(C)(C)[C@H](N)C(=O)NCc1ccnc(-n2ccnc2)c1.Cl.Cl. The van der Waals surface area contributed by atoms with Gasteiger partial charge in [-0.05, 0) is 23.1 Å². The lowest BCUT2D eigenvalue weighted by molar-refractivity contribution is -0.124. The quantitative estimate of drug-likeness (QED) is 0.874. The first-order valence-corrected chi connectivity index (χ1v) is 6.84. The largest absolute Gasteiger partial charge is 0.351 e. The third-order valence-electron chi connectivity index (χ3n) is 3.26. The van der Waals surface area contributed by atoms with Gasteiger partial charge in [-0.15, -0.1) is 24.8 Å². The fraction of sp³-hybridized carbons (Fsp3) is 0.400. The molecule has 1 amide bonds. The molecule has 23 heavy (non-hydrogen) atoms. The Morgan fingerprint density at radius 1 is 1.35 bits per heavy atom. The third kappa shape index (κ3) is 5.82. The lowest BCUT2D eigenvalue weighted by Crippen LogP contribution is -2.48. The molecule has 2 aromatic rings. The molecule has 0 saturated heterocycles. The molecule has 3 N–H and O–H groups in total. The summed E-state index contributed by atoms with van der Waals surface area (Å²) in [6, 6.07) is 3.24. The van der Waals surface area contributed by atoms with Gasteiger partial charge in [-0.1, -0.05) is 20.8 Å². The van der Waals surface area contributed by atoms with Crippen molar-refractivity contribution in [3.63, 3.8) is 0 Å². The molecule has 2 heterocycles. The van der Waals surface area contributed by atoms with Crippen LogP contribution >= 0.6 is 24.8 Å². The van der Waals surface area contributed by atoms with Crippen molar-refractivity contribution in [2.75, 3.05) is 0 Å². The zero-order valence-corrected chi connectivity index (χ0v) is 15.0. The summed E-state index contributed by atoms with van der Waals surface area (Å²) in [5.74, 6) is 0.614. The number of nitrogens with zero attached hydrogens (tertiary/aromatic N) is 3. The lowest BCUT2D eigenvalue weighted by Gasteiger charge is -2.25. The first kappa shape index (κ1) is 21.4. The number of imidazole rings is 1. The number of rotatable bonds is 4. The van der Waals surface area contributed by atoms with Crippen LogP contribution in [0.25, 0.3) is 5.82 Å². The topological polar surface area (TPSA) is 85.8 Å². The number of aromatic nitrogens is 3. The highest BCUT2D eigenvalue weighted by Gasteiger charge is 2.27. The molecule has 0 radical (unpaired) electrons. The van der Waals surface area contributed by atoms with E-state index in [0.717, 1.165) is 11.4 Å². The van der Waals surface area contributed by atoms with Crippen molar-refractivity contribution in [1.82, 2.24) is 19.9 Å². The van der Waals surface area contributed by atoms with Gasteiger partial charge in [0.2, 0.25) is 5.91 Å². The second-order valence-electron chi connectivity index (χ2n) is 6.05. The Kier molecular flexibility index (Phi) is 8.23. The maximum atomic E-state index is 12.0. The molecular weight excluding hydrogens is 337 g/mol. The van der Waals surface area contributed by atoms with Crippen molar-refractivity contribution in [1.29, 1.82) is 0 Å². The summed E-state index contributed by atoms with van der Waals surface area (Å²) in [4.78, 5) is 20.3. The minimum Gasteiger partial charge on any atom is -0.351 e. The van der Waals surface area contributed by atoms with Crippen LogP contribution in [-0.4, -0.2) is 26.5 Å². The van der Waals surface area contributed by atoms with E-state index in [2.05, 4.69) is 15.3 Å². The number of carbonyl (C=O) groups excluding carboxylic acids is 1. The molecule has 0 aliphatic carbocycles. The molecule has 2 rings (SSSR count). The Morgan fingerprint density at radius 2 is 2.04 bits per heavy atom. The summed E-state index contributed by atoms with van der Waals surface area (Å²) in [6.45, 7) is 6.26. The van der Waals surface area contributed by atoms with E-state index >= 15 is 0 Å². The van der Waals surface area contributed by atoms with E-state index in [4.69, 9.17) is 5.73 Å². The van der Waals surface area contributed by atoms with E-state index in [1.54, 1.807) is 18.7 Å². The average molecular weight is 360 g/mol. The van der Waals surface area contributed by atoms with Gasteiger partial charge < -0.3 is 11.1 Å². The predicted molar refractivity (Wildman–Crippen MR) is 95.1 cm³/mol. The van der Waals surface area contributed by atoms with Crippen LogP contribution in [0, 0.1) is 5.41 Å². The zero-order chi connectivity index (χ0) is 15.5. The second kappa shape index (κ2) is 8.86. The van der Waals surface area contributed by atoms with Gasteiger partial charge in [0.05, 0.1) is 6.04 Å². The molecule has 1 atom stereocenters. The van der Waals surface area contributed by atoms with Crippen molar-refractivity contribution in [2.45, 2.75) is 33.4 Å². The highest BCUT2D eigenvalue weighted by molar-refractivity contribution is 5.85. The fourth-order valence-corrected chi connectivity index (χ4v) is 1.80. The molecule has 8 heteroatoms. The minimum absolute atomic E-state index is 0. The van der Waals surface area contributed by atoms with Gasteiger partial charge in [0.25, 0.3) is 0 Å². The van der Waals surface area contributed by atoms with Crippen LogP contribution in [0.4, 0.5) is 0 Å². The van der Waals surface area contributed by atoms with Crippen LogP contribution in [0.5, 0.6) is 0 Å². The monoisotopic (exact) mass is 359 g/mol. The standard InChI is InChI=1S/C15H21N5O.2ClH/c1-15(2,3)13(16)14(21)19-9-11-4-5-18-12(8-11)20-7-6-17-10-20;;/h4-8,10,13H,9,16H2,1-3H3,(H,19,21);2*1H/t13-;;/m1../s1. The highest BCUT2D eigenvalue weighted by Crippen LogP contribution is 2.17. The number of halogens is 2. The summed E-state index contributed by atoms with van der Waals surface area (Å²) >= 11 is 0. The van der Waals surface area contributed by atoms with E-state index in [9.17, 15) is 4.79 Å². The van der Waals surface area contributed by atoms with E-state index in [1.165, 1.54) is 0 Å². The van der Waals surface area contributed by atoms with Gasteiger partial charge in [0.1, 0.15) is 12.1 Å². The molecule has 0 unspecified atom stereocenters. The normalized spacial score (nSPS) is 11.8. The van der Waals surface area contributed by atoms with E-state index < -0.39 is 6.04 Å². The summed E-state index contributed by atoms with van der Waals surface area (Å²) in [5, 5.41) is 2.86. The highest BCUT2D eigenvalue weighted by atomic mass is 35.5. The van der Waals surface area contributed by atoms with Crippen LogP contribution < -0.4 is 11.1 Å². The Labute approximate surface area is 148 Å². The van der Waals surface area contributed by atoms with Gasteiger partial charge in [-0.2, -0.15) is 0 Å². The van der Waals surface area contributed by atoms with Crippen LogP contribution in [0.1, 0.15) is 26.3 Å². The van der Waals surface area contributed by atoms with Crippen LogP contribution in [-0.2, 0) is 11.3 Å². The molecule has 0 saturated carbocycles. The van der Waals surface area contributed by atoms with E-state index in [1.807, 2.05) is 43.7 Å². The molecule has 0 fully saturated rings. The second-order valence-corrected chi connectivity index (χ2v) is 6.05. The van der Waals surface area contributed by atoms with Crippen molar-refractivity contribution in [3.8, 4) is 5.82 Å². The number of carbonyl (C=O) groups is 1. The summed E-state index contributed by atoms with van der Waals surface area (Å²) in [5.41, 5.74) is 6.63. The van der Waals surface area contributed by atoms with Crippen LogP contribution in [0.3, 0.4) is 0 Å². The van der Waals surface area contributed by atoms with E-state index in [0.29, 0.717) is 6.54 Å². The van der Waals surface area contributed by atoms with Crippen molar-refractivity contribution >= 4 is 30.7 Å². The molecule has 0 aliphatic heterocycles. The van der Waals surface area contributed by atoms with Gasteiger partial charge in [-0.3, -0.25) is 9.36 Å². The van der Waals surface area contributed by atoms with E-state index in [-0.39, 0.29) is 36.1 Å². The Morgan fingerprint density at radius 3 is 2.61 bits per heavy atom. The Bertz CT molecular complexity index is 611. The maximum Gasteiger partial charge on any atom is 0.237 e. The number of amides is 1. The molecule has 128 valence electrons. The van der Waals surface area contributed by atoms with Gasteiger partial charge in [-0.25, -0.2) is 9.97 Å². The van der Waals surface area contributed by atoms with Crippen molar-refractivity contribution in [2.24, 2.45) is 11.1 Å². The third-order valence-corrected chi connectivity index (χ3v) is 3.26. The van der Waals surface area contributed by atoms with Crippen LogP contribution in [0.15, 0.2) is 37.1 Å². The first-order valence-electron chi connectivity index (χ1n) is 6.84. The maximum absolute atomic E-state index is 12.0. The molecule has 6 nitrogen and oxygen atoms in total. The van der Waals surface area contributed by atoms with Crippen molar-refractivity contribution in [3.05, 3.63) is 42.6 Å². The smallest absolute Gasteiger partial charge is 0.237 e. The number of nitrogens with two attached hydrogens (primary N) is 1. The number of nitrogens with one attached hydrogen (secondary N) is 1. The molecule has 0 aromatic carbocycles. The Balaban J connectivity index is 0.00000242. The molecular formula is C15H23Cl2N5O.